The molecular formula is C5H11BrClNO2. The van der Waals surface area contributed by atoms with Gasteiger partial charge in [-0.05, 0) is 6.42 Å². The van der Waals surface area contributed by atoms with Crippen LogP contribution in [0.3, 0.4) is 0 Å². The molecule has 0 aliphatic carbocycles. The molecule has 5 heteroatoms. The average molecular weight is 233 g/mol. The number of esters is 1. The number of alkyl halides is 1. The topological polar surface area (TPSA) is 52.3 Å². The lowest BCUT2D eigenvalue weighted by atomic mass is 10.2. The van der Waals surface area contributed by atoms with E-state index in [4.69, 9.17) is 5.73 Å². The third kappa shape index (κ3) is 5.02. The number of rotatable bonds is 3. The van der Waals surface area contributed by atoms with Gasteiger partial charge in [-0.1, -0.05) is 15.9 Å². The molecule has 0 fully saturated rings. The van der Waals surface area contributed by atoms with E-state index >= 15 is 0 Å². The van der Waals surface area contributed by atoms with Gasteiger partial charge in [0, 0.05) is 5.33 Å². The van der Waals surface area contributed by atoms with Crippen molar-refractivity contribution in [3.8, 4) is 0 Å². The van der Waals surface area contributed by atoms with Gasteiger partial charge in [-0.25, -0.2) is 0 Å². The number of hydrogen-bond donors (Lipinski definition) is 1. The Morgan fingerprint density at radius 3 is 2.60 bits per heavy atom. The standard InChI is InChI=1S/C5H10BrNO2.ClH/c1-9-5(8)4(7)2-3-6;/h4H,2-3,7H2,1H3;1H. The molecule has 0 aromatic heterocycles. The van der Waals surface area contributed by atoms with Gasteiger partial charge >= 0.3 is 5.97 Å². The molecule has 0 saturated heterocycles. The number of hydrogen-bond acceptors (Lipinski definition) is 3. The average Bonchev–Trinajstić information content (AvgIpc) is 1.87. The van der Waals surface area contributed by atoms with Gasteiger partial charge in [-0.2, -0.15) is 0 Å². The summed E-state index contributed by atoms with van der Waals surface area (Å²) in [5, 5.41) is 0.725. The number of halogens is 2. The predicted molar refractivity (Wildman–Crippen MR) is 45.7 cm³/mol. The van der Waals surface area contributed by atoms with Gasteiger partial charge in [0.1, 0.15) is 6.04 Å². The van der Waals surface area contributed by atoms with Gasteiger partial charge in [0.25, 0.3) is 0 Å². The summed E-state index contributed by atoms with van der Waals surface area (Å²) in [5.74, 6) is -0.352. The summed E-state index contributed by atoms with van der Waals surface area (Å²) >= 11 is 3.16. The quantitative estimate of drug-likeness (QED) is 0.575. The molecule has 2 N–H and O–H groups in total. The molecule has 0 aromatic rings. The fourth-order valence-electron chi connectivity index (χ4n) is 0.387. The van der Waals surface area contributed by atoms with Crippen molar-refractivity contribution in [1.29, 1.82) is 0 Å². The van der Waals surface area contributed by atoms with Crippen LogP contribution in [0.15, 0.2) is 0 Å². The summed E-state index contributed by atoms with van der Waals surface area (Å²) < 4.78 is 4.38. The first-order valence-corrected chi connectivity index (χ1v) is 3.74. The Morgan fingerprint density at radius 2 is 2.30 bits per heavy atom. The smallest absolute Gasteiger partial charge is 0.322 e. The van der Waals surface area contributed by atoms with Crippen LogP contribution in [0.4, 0.5) is 0 Å². The van der Waals surface area contributed by atoms with Crippen LogP contribution < -0.4 is 5.73 Å². The Bertz CT molecular complexity index is 102. The van der Waals surface area contributed by atoms with Crippen LogP contribution in [0.5, 0.6) is 0 Å². The molecule has 0 heterocycles. The van der Waals surface area contributed by atoms with E-state index in [1.807, 2.05) is 0 Å². The Kier molecular flexibility index (Phi) is 9.38. The molecular weight excluding hydrogens is 221 g/mol. The number of methoxy groups -OCH3 is 1. The highest BCUT2D eigenvalue weighted by Crippen LogP contribution is 1.94. The molecule has 1 atom stereocenters. The fraction of sp³-hybridized carbons (Fsp3) is 0.800. The number of nitrogens with two attached hydrogens (primary N) is 1. The Hall–Kier alpha value is 0.200. The van der Waals surface area contributed by atoms with Crippen LogP contribution in [0.1, 0.15) is 6.42 Å². The lowest BCUT2D eigenvalue weighted by molar-refractivity contribution is -0.142. The van der Waals surface area contributed by atoms with Gasteiger partial charge in [0.2, 0.25) is 0 Å². The maximum atomic E-state index is 10.5. The maximum absolute atomic E-state index is 10.5. The molecule has 0 spiro atoms. The van der Waals surface area contributed by atoms with Gasteiger partial charge in [-0.15, -0.1) is 12.4 Å². The molecule has 0 aliphatic heterocycles. The fourth-order valence-corrected chi connectivity index (χ4v) is 0.880. The van der Waals surface area contributed by atoms with Crippen molar-refractivity contribution in [2.45, 2.75) is 12.5 Å². The summed E-state index contributed by atoms with van der Waals surface area (Å²) in [6.45, 7) is 0. The third-order valence-electron chi connectivity index (χ3n) is 0.924. The molecule has 0 aliphatic rings. The maximum Gasteiger partial charge on any atom is 0.322 e. The highest BCUT2D eigenvalue weighted by atomic mass is 79.9. The Morgan fingerprint density at radius 1 is 1.80 bits per heavy atom. The lowest BCUT2D eigenvalue weighted by Crippen LogP contribution is -2.31. The second-order valence-electron chi connectivity index (χ2n) is 1.61. The Balaban J connectivity index is 0. The first-order valence-electron chi connectivity index (χ1n) is 2.61. The van der Waals surface area contributed by atoms with Crippen molar-refractivity contribution in [2.75, 3.05) is 12.4 Å². The van der Waals surface area contributed by atoms with E-state index in [1.54, 1.807) is 0 Å². The monoisotopic (exact) mass is 231 g/mol. The van der Waals surface area contributed by atoms with Crippen molar-refractivity contribution < 1.29 is 9.53 Å². The predicted octanol–water partition coefficient (Wildman–Crippen LogP) is 0.694. The summed E-state index contributed by atoms with van der Waals surface area (Å²) in [4.78, 5) is 10.5. The van der Waals surface area contributed by atoms with E-state index in [-0.39, 0.29) is 18.4 Å². The van der Waals surface area contributed by atoms with Crippen LogP contribution in [0.25, 0.3) is 0 Å². The zero-order chi connectivity index (χ0) is 7.28. The highest BCUT2D eigenvalue weighted by Gasteiger charge is 2.11. The minimum atomic E-state index is -0.477. The molecule has 0 radical (unpaired) electrons. The molecule has 0 rings (SSSR count). The molecule has 10 heavy (non-hydrogen) atoms. The molecule has 0 amide bonds. The zero-order valence-electron chi connectivity index (χ0n) is 5.67. The van der Waals surface area contributed by atoms with Crippen molar-refractivity contribution in [2.24, 2.45) is 5.73 Å². The summed E-state index contributed by atoms with van der Waals surface area (Å²) in [7, 11) is 1.33. The SMILES string of the molecule is COC(=O)C(N)CCBr.Cl. The van der Waals surface area contributed by atoms with Crippen LogP contribution in [-0.2, 0) is 9.53 Å². The second kappa shape index (κ2) is 7.31. The minimum absolute atomic E-state index is 0. The molecule has 0 aromatic carbocycles. The number of carbonyl (C=O) groups excluding carboxylic acids is 1. The number of ether oxygens (including phenoxy) is 1. The number of carbonyl (C=O) groups is 1. The van der Waals surface area contributed by atoms with E-state index in [0.717, 1.165) is 5.33 Å². The first-order chi connectivity index (χ1) is 4.22. The van der Waals surface area contributed by atoms with Gasteiger partial charge < -0.3 is 10.5 Å². The summed E-state index contributed by atoms with van der Waals surface area (Å²) in [6, 6.07) is -0.477. The van der Waals surface area contributed by atoms with E-state index in [2.05, 4.69) is 20.7 Å². The van der Waals surface area contributed by atoms with Crippen LogP contribution in [0, 0.1) is 0 Å². The van der Waals surface area contributed by atoms with E-state index in [1.165, 1.54) is 7.11 Å². The van der Waals surface area contributed by atoms with E-state index < -0.39 is 6.04 Å². The van der Waals surface area contributed by atoms with Gasteiger partial charge in [0.15, 0.2) is 0 Å². The van der Waals surface area contributed by atoms with Crippen molar-refractivity contribution in [3.63, 3.8) is 0 Å². The molecule has 0 bridgehead atoms. The van der Waals surface area contributed by atoms with E-state index in [0.29, 0.717) is 6.42 Å². The normalized spacial score (nSPS) is 11.5. The zero-order valence-corrected chi connectivity index (χ0v) is 8.07. The van der Waals surface area contributed by atoms with Crippen LogP contribution >= 0.6 is 28.3 Å². The largest absolute Gasteiger partial charge is 0.468 e. The molecule has 1 unspecified atom stereocenters. The summed E-state index contributed by atoms with van der Waals surface area (Å²) in [6.07, 6.45) is 0.618. The highest BCUT2D eigenvalue weighted by molar-refractivity contribution is 9.09. The van der Waals surface area contributed by atoms with Gasteiger partial charge in [0.05, 0.1) is 7.11 Å². The third-order valence-corrected chi connectivity index (χ3v) is 1.38. The second-order valence-corrected chi connectivity index (χ2v) is 2.40. The minimum Gasteiger partial charge on any atom is -0.468 e. The van der Waals surface area contributed by atoms with Crippen molar-refractivity contribution >= 4 is 34.3 Å². The van der Waals surface area contributed by atoms with E-state index in [9.17, 15) is 4.79 Å². The summed E-state index contributed by atoms with van der Waals surface area (Å²) in [5.41, 5.74) is 5.33. The Labute approximate surface area is 74.8 Å². The lowest BCUT2D eigenvalue weighted by Gasteiger charge is -2.04. The molecule has 62 valence electrons. The first kappa shape index (κ1) is 12.8. The van der Waals surface area contributed by atoms with Crippen molar-refractivity contribution in [3.05, 3.63) is 0 Å². The van der Waals surface area contributed by atoms with Crippen LogP contribution in [-0.4, -0.2) is 24.5 Å². The van der Waals surface area contributed by atoms with Crippen LogP contribution in [0.2, 0.25) is 0 Å². The van der Waals surface area contributed by atoms with Crippen molar-refractivity contribution in [1.82, 2.24) is 0 Å². The van der Waals surface area contributed by atoms with Gasteiger partial charge in [-0.3, -0.25) is 4.79 Å². The molecule has 0 saturated carbocycles. The molecule has 3 nitrogen and oxygen atoms in total.